The molecule has 0 bridgehead atoms. The Morgan fingerprint density at radius 2 is 2.10 bits per heavy atom. The zero-order chi connectivity index (χ0) is 15.1. The van der Waals surface area contributed by atoms with Crippen LogP contribution in [0.15, 0.2) is 22.7 Å². The molecule has 4 nitrogen and oxygen atoms in total. The molecule has 0 unspecified atom stereocenters. The van der Waals surface area contributed by atoms with Crippen LogP contribution in [0.1, 0.15) is 24.0 Å². The normalized spacial score (nSPS) is 11.5. The Kier molecular flexibility index (Phi) is 3.80. The number of fused-ring (bicyclic) bond motifs is 1. The molecule has 1 aromatic carbocycles. The minimum atomic E-state index is 0.364. The van der Waals surface area contributed by atoms with E-state index in [1.165, 1.54) is 5.56 Å². The van der Waals surface area contributed by atoms with Crippen molar-refractivity contribution in [3.05, 3.63) is 39.8 Å². The Morgan fingerprint density at radius 1 is 1.33 bits per heavy atom. The van der Waals surface area contributed by atoms with E-state index in [1.807, 2.05) is 11.7 Å². The first-order chi connectivity index (χ1) is 10.1. The average molecular weight is 368 g/mol. The number of alkyl halides is 1. The van der Waals surface area contributed by atoms with Gasteiger partial charge in [0.25, 0.3) is 0 Å². The zero-order valence-electron chi connectivity index (χ0n) is 12.2. The van der Waals surface area contributed by atoms with Gasteiger partial charge in [0.15, 0.2) is 5.65 Å². The van der Waals surface area contributed by atoms with Crippen LogP contribution >= 0.6 is 27.5 Å². The summed E-state index contributed by atoms with van der Waals surface area (Å²) < 4.78 is 5.03. The van der Waals surface area contributed by atoms with Gasteiger partial charge in [0, 0.05) is 11.5 Å². The SMILES string of the molecule is CCc1nn(C)c2c1nc(CCl)n2-c1ccc(C)c(Br)c1. The van der Waals surface area contributed by atoms with Crippen molar-refractivity contribution in [1.82, 2.24) is 19.3 Å². The molecule has 3 aromatic rings. The highest BCUT2D eigenvalue weighted by atomic mass is 79.9. The largest absolute Gasteiger partial charge is 0.280 e. The number of benzene rings is 1. The summed E-state index contributed by atoms with van der Waals surface area (Å²) in [5.74, 6) is 1.20. The van der Waals surface area contributed by atoms with Gasteiger partial charge in [-0.3, -0.25) is 4.57 Å². The highest BCUT2D eigenvalue weighted by Crippen LogP contribution is 2.27. The Bertz CT molecular complexity index is 819. The molecule has 21 heavy (non-hydrogen) atoms. The lowest BCUT2D eigenvalue weighted by atomic mass is 10.2. The van der Waals surface area contributed by atoms with E-state index in [4.69, 9.17) is 11.6 Å². The second kappa shape index (κ2) is 5.46. The predicted octanol–water partition coefficient (Wildman–Crippen LogP) is 4.13. The number of aromatic nitrogens is 4. The van der Waals surface area contributed by atoms with Gasteiger partial charge in [-0.2, -0.15) is 5.10 Å². The summed E-state index contributed by atoms with van der Waals surface area (Å²) in [7, 11) is 1.95. The molecule has 110 valence electrons. The third kappa shape index (κ3) is 2.28. The van der Waals surface area contributed by atoms with Crippen LogP contribution < -0.4 is 0 Å². The van der Waals surface area contributed by atoms with Gasteiger partial charge in [0.05, 0.1) is 17.3 Å². The first kappa shape index (κ1) is 14.6. The molecule has 0 saturated heterocycles. The molecule has 6 heteroatoms. The van der Waals surface area contributed by atoms with Crippen molar-refractivity contribution in [3.8, 4) is 5.69 Å². The lowest BCUT2D eigenvalue weighted by Gasteiger charge is -2.10. The Labute approximate surface area is 136 Å². The Hall–Kier alpha value is -1.33. The maximum Gasteiger partial charge on any atom is 0.163 e. The van der Waals surface area contributed by atoms with Crippen LogP contribution in [0.2, 0.25) is 0 Å². The van der Waals surface area contributed by atoms with Gasteiger partial charge in [0.1, 0.15) is 11.3 Å². The lowest BCUT2D eigenvalue weighted by Crippen LogP contribution is -2.04. The molecule has 0 N–H and O–H groups in total. The van der Waals surface area contributed by atoms with Crippen LogP contribution in [-0.4, -0.2) is 19.3 Å². The monoisotopic (exact) mass is 366 g/mol. The molecule has 0 saturated carbocycles. The molecule has 0 amide bonds. The molecule has 0 aliphatic heterocycles. The topological polar surface area (TPSA) is 35.6 Å². The fraction of sp³-hybridized carbons (Fsp3) is 0.333. The highest BCUT2D eigenvalue weighted by Gasteiger charge is 2.19. The Morgan fingerprint density at radius 3 is 2.71 bits per heavy atom. The van der Waals surface area contributed by atoms with E-state index >= 15 is 0 Å². The van der Waals surface area contributed by atoms with Gasteiger partial charge in [-0.1, -0.05) is 28.9 Å². The standard InChI is InChI=1S/C15H16BrClN4/c1-4-12-14-15(20(3)19-12)21(13(8-17)18-14)10-6-5-9(2)11(16)7-10/h5-7H,4,8H2,1-3H3. The van der Waals surface area contributed by atoms with Crippen molar-refractivity contribution in [2.75, 3.05) is 0 Å². The predicted molar refractivity (Wildman–Crippen MR) is 89.2 cm³/mol. The van der Waals surface area contributed by atoms with E-state index in [0.29, 0.717) is 5.88 Å². The first-order valence-electron chi connectivity index (χ1n) is 6.82. The van der Waals surface area contributed by atoms with Crippen molar-refractivity contribution in [2.45, 2.75) is 26.1 Å². The molecule has 2 aromatic heterocycles. The van der Waals surface area contributed by atoms with Gasteiger partial charge in [-0.05, 0) is 31.0 Å². The van der Waals surface area contributed by atoms with Gasteiger partial charge in [-0.15, -0.1) is 11.6 Å². The van der Waals surface area contributed by atoms with E-state index in [9.17, 15) is 0 Å². The Balaban J connectivity index is 2.34. The van der Waals surface area contributed by atoms with Crippen molar-refractivity contribution >= 4 is 38.7 Å². The van der Waals surface area contributed by atoms with Crippen LogP contribution in [0.25, 0.3) is 16.9 Å². The number of halogens is 2. The summed E-state index contributed by atoms with van der Waals surface area (Å²) in [5.41, 5.74) is 5.16. The van der Waals surface area contributed by atoms with Crippen LogP contribution in [-0.2, 0) is 19.3 Å². The molecule has 0 fully saturated rings. The van der Waals surface area contributed by atoms with E-state index < -0.39 is 0 Å². The number of nitrogens with zero attached hydrogens (tertiary/aromatic N) is 4. The number of hydrogen-bond donors (Lipinski definition) is 0. The smallest absolute Gasteiger partial charge is 0.163 e. The van der Waals surface area contributed by atoms with Gasteiger partial charge in [0.2, 0.25) is 0 Å². The van der Waals surface area contributed by atoms with E-state index in [2.05, 4.69) is 62.6 Å². The molecule has 0 aliphatic carbocycles. The molecule has 0 aliphatic rings. The summed E-state index contributed by atoms with van der Waals surface area (Å²) in [6, 6.07) is 6.25. The quantitative estimate of drug-likeness (QED) is 0.652. The van der Waals surface area contributed by atoms with Crippen molar-refractivity contribution in [3.63, 3.8) is 0 Å². The molecular weight excluding hydrogens is 352 g/mol. The van der Waals surface area contributed by atoms with Gasteiger partial charge in [-0.25, -0.2) is 9.67 Å². The summed E-state index contributed by atoms with van der Waals surface area (Å²) >= 11 is 9.69. The average Bonchev–Trinajstić information content (AvgIpc) is 2.99. The van der Waals surface area contributed by atoms with Crippen LogP contribution in [0.3, 0.4) is 0 Å². The summed E-state index contributed by atoms with van der Waals surface area (Å²) in [5, 5.41) is 4.55. The number of aryl methyl sites for hydroxylation is 3. The van der Waals surface area contributed by atoms with Gasteiger partial charge >= 0.3 is 0 Å². The van der Waals surface area contributed by atoms with Gasteiger partial charge < -0.3 is 0 Å². The lowest BCUT2D eigenvalue weighted by molar-refractivity contribution is 0.744. The molecule has 0 spiro atoms. The number of imidazole rings is 1. The third-order valence-electron chi connectivity index (χ3n) is 3.64. The highest BCUT2D eigenvalue weighted by molar-refractivity contribution is 9.10. The second-order valence-electron chi connectivity index (χ2n) is 5.03. The molecule has 0 radical (unpaired) electrons. The minimum Gasteiger partial charge on any atom is -0.280 e. The van der Waals surface area contributed by atoms with Crippen LogP contribution in [0.4, 0.5) is 0 Å². The van der Waals surface area contributed by atoms with Crippen molar-refractivity contribution in [1.29, 1.82) is 0 Å². The molecule has 3 rings (SSSR count). The minimum absolute atomic E-state index is 0.364. The zero-order valence-corrected chi connectivity index (χ0v) is 14.5. The molecular formula is C15H16BrClN4. The number of rotatable bonds is 3. The van der Waals surface area contributed by atoms with E-state index in [0.717, 1.165) is 39.3 Å². The fourth-order valence-corrected chi connectivity index (χ4v) is 3.09. The summed E-state index contributed by atoms with van der Waals surface area (Å²) in [6.45, 7) is 4.16. The fourth-order valence-electron chi connectivity index (χ4n) is 2.54. The second-order valence-corrected chi connectivity index (χ2v) is 6.15. The maximum atomic E-state index is 6.10. The van der Waals surface area contributed by atoms with Crippen LogP contribution in [0, 0.1) is 6.92 Å². The van der Waals surface area contributed by atoms with E-state index in [-0.39, 0.29) is 0 Å². The molecule has 0 atom stereocenters. The maximum absolute atomic E-state index is 6.10. The number of hydrogen-bond acceptors (Lipinski definition) is 2. The third-order valence-corrected chi connectivity index (χ3v) is 4.73. The van der Waals surface area contributed by atoms with Crippen molar-refractivity contribution in [2.24, 2.45) is 7.05 Å². The van der Waals surface area contributed by atoms with Crippen LogP contribution in [0.5, 0.6) is 0 Å². The first-order valence-corrected chi connectivity index (χ1v) is 8.15. The summed E-state index contributed by atoms with van der Waals surface area (Å²) in [4.78, 5) is 4.68. The summed E-state index contributed by atoms with van der Waals surface area (Å²) in [6.07, 6.45) is 0.855. The van der Waals surface area contributed by atoms with Crippen molar-refractivity contribution < 1.29 is 0 Å². The van der Waals surface area contributed by atoms with E-state index in [1.54, 1.807) is 0 Å². The molecule has 2 heterocycles.